The maximum absolute atomic E-state index is 14.2. The van der Waals surface area contributed by atoms with E-state index in [0.29, 0.717) is 30.8 Å². The molecule has 0 aliphatic carbocycles. The van der Waals surface area contributed by atoms with Crippen molar-refractivity contribution in [2.45, 2.75) is 33.5 Å². The van der Waals surface area contributed by atoms with Crippen LogP contribution in [0.3, 0.4) is 0 Å². The molecule has 4 heterocycles. The number of aromatic nitrogens is 4. The second kappa shape index (κ2) is 9.24. The monoisotopic (exact) mass is 491 g/mol. The molecule has 0 saturated carbocycles. The van der Waals surface area contributed by atoms with Crippen LogP contribution in [0.5, 0.6) is 5.75 Å². The van der Waals surface area contributed by atoms with E-state index in [1.54, 1.807) is 29.1 Å². The van der Waals surface area contributed by atoms with Crippen LogP contribution in [0.4, 0.5) is 4.39 Å². The van der Waals surface area contributed by atoms with Crippen LogP contribution >= 0.6 is 11.3 Å². The summed E-state index contributed by atoms with van der Waals surface area (Å²) < 4.78 is 22.6. The Morgan fingerprint density at radius 1 is 1.11 bits per heavy atom. The molecule has 0 N–H and O–H groups in total. The average molecular weight is 492 g/mol. The quantitative estimate of drug-likeness (QED) is 0.362. The van der Waals surface area contributed by atoms with Crippen LogP contribution in [-0.4, -0.2) is 37.7 Å². The Hall–Kier alpha value is -3.56. The van der Waals surface area contributed by atoms with E-state index in [4.69, 9.17) is 4.74 Å². The Morgan fingerprint density at radius 2 is 1.91 bits per heavy atom. The van der Waals surface area contributed by atoms with Crippen molar-refractivity contribution in [3.63, 3.8) is 0 Å². The first-order valence-electron chi connectivity index (χ1n) is 11.1. The van der Waals surface area contributed by atoms with Crippen LogP contribution in [0.1, 0.15) is 29.0 Å². The number of methoxy groups -OCH3 is 1. The molecule has 6 rings (SSSR count). The van der Waals surface area contributed by atoms with Crippen LogP contribution in [0.2, 0.25) is 0 Å². The fraction of sp³-hybridized carbons (Fsp3) is 0.269. The average Bonchev–Trinajstić information content (AvgIpc) is 3.48. The van der Waals surface area contributed by atoms with Gasteiger partial charge in [-0.25, -0.2) is 14.2 Å². The molecule has 7 nitrogen and oxygen atoms in total. The molecule has 0 amide bonds. The molecular formula is C26H26FN5O2S. The number of ether oxygens (including phenoxy) is 1. The lowest BCUT2D eigenvalue weighted by Crippen LogP contribution is -2.30. The van der Waals surface area contributed by atoms with Crippen molar-refractivity contribution in [3.05, 3.63) is 92.7 Å². The molecule has 5 aromatic rings. The Kier molecular flexibility index (Phi) is 6.12. The standard InChI is InChI=1S/C25H22FN5O2S.CH4/c1-33-18-8-6-16(7-9-18)12-30-24-22(23-27-15-28-31(23)25(30)32)19-10-11-29(14-21(19)34-24)13-17-4-2-3-5-20(17)26;/h2-9,15H,10-14H2,1H3;1H4. The van der Waals surface area contributed by atoms with Gasteiger partial charge in [-0.3, -0.25) is 9.47 Å². The van der Waals surface area contributed by atoms with Gasteiger partial charge in [0.25, 0.3) is 0 Å². The predicted octanol–water partition coefficient (Wildman–Crippen LogP) is 4.50. The van der Waals surface area contributed by atoms with Gasteiger partial charge < -0.3 is 4.74 Å². The first-order valence-corrected chi connectivity index (χ1v) is 11.9. The van der Waals surface area contributed by atoms with E-state index in [1.165, 1.54) is 27.3 Å². The fourth-order valence-electron chi connectivity index (χ4n) is 4.67. The van der Waals surface area contributed by atoms with Gasteiger partial charge >= 0.3 is 5.69 Å². The molecule has 1 aliphatic heterocycles. The SMILES string of the molecule is C.COc1ccc(Cn2c(=O)n3ncnc3c3c4c(sc32)CN(Cc2ccccc2F)CC4)cc1. The predicted molar refractivity (Wildman–Crippen MR) is 136 cm³/mol. The van der Waals surface area contributed by atoms with Crippen molar-refractivity contribution in [1.82, 2.24) is 24.1 Å². The number of fused-ring (bicyclic) bond motifs is 5. The lowest BCUT2D eigenvalue weighted by atomic mass is 10.0. The minimum absolute atomic E-state index is 0. The summed E-state index contributed by atoms with van der Waals surface area (Å²) in [5, 5.41) is 5.21. The lowest BCUT2D eigenvalue weighted by Gasteiger charge is -2.26. The summed E-state index contributed by atoms with van der Waals surface area (Å²) >= 11 is 1.63. The zero-order chi connectivity index (χ0) is 23.2. The Morgan fingerprint density at radius 3 is 2.69 bits per heavy atom. The van der Waals surface area contributed by atoms with Crippen LogP contribution in [-0.2, 0) is 26.1 Å². The Bertz CT molecular complexity index is 1570. The molecule has 180 valence electrons. The van der Waals surface area contributed by atoms with Crippen molar-refractivity contribution in [1.29, 1.82) is 0 Å². The van der Waals surface area contributed by atoms with E-state index in [2.05, 4.69) is 15.0 Å². The number of rotatable bonds is 5. The van der Waals surface area contributed by atoms with Crippen molar-refractivity contribution < 1.29 is 9.13 Å². The molecule has 0 saturated heterocycles. The third-order valence-electron chi connectivity index (χ3n) is 6.40. The van der Waals surface area contributed by atoms with Gasteiger partial charge in [0.1, 0.15) is 22.7 Å². The number of thiophene rings is 1. The molecular weight excluding hydrogens is 465 g/mol. The maximum Gasteiger partial charge on any atom is 0.352 e. The van der Waals surface area contributed by atoms with Gasteiger partial charge in [0.15, 0.2) is 5.65 Å². The zero-order valence-electron chi connectivity index (χ0n) is 18.6. The fourth-order valence-corrected chi connectivity index (χ4v) is 6.05. The molecule has 3 aromatic heterocycles. The molecule has 2 aromatic carbocycles. The van der Waals surface area contributed by atoms with Crippen molar-refractivity contribution in [2.75, 3.05) is 13.7 Å². The van der Waals surface area contributed by atoms with E-state index in [0.717, 1.165) is 34.5 Å². The second-order valence-electron chi connectivity index (χ2n) is 8.45. The van der Waals surface area contributed by atoms with Crippen LogP contribution in [0, 0.1) is 5.82 Å². The summed E-state index contributed by atoms with van der Waals surface area (Å²) in [4.78, 5) is 22.1. The largest absolute Gasteiger partial charge is 0.497 e. The summed E-state index contributed by atoms with van der Waals surface area (Å²) in [5.41, 5.74) is 3.30. The van der Waals surface area contributed by atoms with Crippen LogP contribution < -0.4 is 10.4 Å². The van der Waals surface area contributed by atoms with Gasteiger partial charge in [-0.05, 0) is 35.7 Å². The number of hydrogen-bond donors (Lipinski definition) is 0. The Labute approximate surface area is 206 Å². The first kappa shape index (κ1) is 23.2. The maximum atomic E-state index is 14.2. The molecule has 0 unspecified atom stereocenters. The van der Waals surface area contributed by atoms with Gasteiger partial charge in [-0.15, -0.1) is 11.3 Å². The van der Waals surface area contributed by atoms with Crippen molar-refractivity contribution in [2.24, 2.45) is 0 Å². The normalized spacial score (nSPS) is 13.7. The minimum Gasteiger partial charge on any atom is -0.497 e. The molecule has 0 radical (unpaired) electrons. The number of nitrogens with zero attached hydrogens (tertiary/aromatic N) is 5. The van der Waals surface area contributed by atoms with Gasteiger partial charge in [-0.2, -0.15) is 9.61 Å². The molecule has 1 aliphatic rings. The zero-order valence-corrected chi connectivity index (χ0v) is 19.4. The van der Waals surface area contributed by atoms with E-state index in [-0.39, 0.29) is 18.9 Å². The number of hydrogen-bond acceptors (Lipinski definition) is 6. The summed E-state index contributed by atoms with van der Waals surface area (Å²) in [7, 11) is 1.63. The molecule has 9 heteroatoms. The highest BCUT2D eigenvalue weighted by Gasteiger charge is 2.26. The summed E-state index contributed by atoms with van der Waals surface area (Å²) in [6, 6.07) is 14.6. The second-order valence-corrected chi connectivity index (χ2v) is 9.53. The third kappa shape index (κ3) is 4.00. The smallest absolute Gasteiger partial charge is 0.352 e. The highest BCUT2D eigenvalue weighted by atomic mass is 32.1. The minimum atomic E-state index is -0.211. The summed E-state index contributed by atoms with van der Waals surface area (Å²) in [6.45, 7) is 2.50. The van der Waals surface area contributed by atoms with Gasteiger partial charge in [0.2, 0.25) is 0 Å². The van der Waals surface area contributed by atoms with Crippen molar-refractivity contribution in [3.8, 4) is 5.75 Å². The van der Waals surface area contributed by atoms with Gasteiger partial charge in [0.05, 0.1) is 19.0 Å². The topological polar surface area (TPSA) is 64.7 Å². The number of halogens is 1. The van der Waals surface area contributed by atoms with E-state index >= 15 is 0 Å². The lowest BCUT2D eigenvalue weighted by molar-refractivity contribution is 0.246. The molecule has 0 atom stereocenters. The number of benzene rings is 2. The molecule has 0 spiro atoms. The van der Waals surface area contributed by atoms with Crippen LogP contribution in [0.25, 0.3) is 15.9 Å². The van der Waals surface area contributed by atoms with Crippen molar-refractivity contribution >= 4 is 27.2 Å². The highest BCUT2D eigenvalue weighted by molar-refractivity contribution is 7.19. The van der Waals surface area contributed by atoms with Crippen LogP contribution in [0.15, 0.2) is 59.7 Å². The van der Waals surface area contributed by atoms with Gasteiger partial charge in [-0.1, -0.05) is 37.8 Å². The Balaban J connectivity index is 0.00000253. The summed E-state index contributed by atoms with van der Waals surface area (Å²) in [5.74, 6) is 0.595. The molecule has 35 heavy (non-hydrogen) atoms. The van der Waals surface area contributed by atoms with E-state index < -0.39 is 0 Å². The summed E-state index contributed by atoms with van der Waals surface area (Å²) in [6.07, 6.45) is 2.25. The van der Waals surface area contributed by atoms with E-state index in [9.17, 15) is 9.18 Å². The van der Waals surface area contributed by atoms with Gasteiger partial charge in [0, 0.05) is 30.1 Å². The third-order valence-corrected chi connectivity index (χ3v) is 7.64. The van der Waals surface area contributed by atoms with E-state index in [1.807, 2.05) is 36.4 Å². The molecule has 0 fully saturated rings. The first-order chi connectivity index (χ1) is 16.6. The molecule has 0 bridgehead atoms. The highest BCUT2D eigenvalue weighted by Crippen LogP contribution is 2.37.